The van der Waals surface area contributed by atoms with Crippen LogP contribution in [0.25, 0.3) is 17.0 Å². The molecule has 0 bridgehead atoms. The van der Waals surface area contributed by atoms with E-state index in [1.807, 2.05) is 68.6 Å². The number of aromatic nitrogens is 3. The number of hydrogen-bond acceptors (Lipinski definition) is 3. The van der Waals surface area contributed by atoms with Crippen molar-refractivity contribution in [3.05, 3.63) is 48.4 Å². The Morgan fingerprint density at radius 2 is 2.00 bits per heavy atom. The van der Waals surface area contributed by atoms with Crippen molar-refractivity contribution in [1.29, 1.82) is 0 Å². The van der Waals surface area contributed by atoms with E-state index in [-0.39, 0.29) is 5.91 Å². The van der Waals surface area contributed by atoms with Crippen molar-refractivity contribution in [1.82, 2.24) is 14.4 Å². The number of hydrogen-bond donors (Lipinski definition) is 1. The summed E-state index contributed by atoms with van der Waals surface area (Å²) < 4.78 is 1.95. The zero-order valence-corrected chi connectivity index (χ0v) is 13.8. The molecule has 1 aromatic carbocycles. The smallest absolute Gasteiger partial charge is 0.234 e. The normalized spacial score (nSPS) is 11.7. The molecule has 2 aromatic heterocycles. The maximum absolute atomic E-state index is 12.1. The van der Waals surface area contributed by atoms with Crippen molar-refractivity contribution in [2.45, 2.75) is 27.7 Å². The van der Waals surface area contributed by atoms with Gasteiger partial charge >= 0.3 is 0 Å². The van der Waals surface area contributed by atoms with Gasteiger partial charge in [0.2, 0.25) is 11.7 Å². The van der Waals surface area contributed by atoms with Gasteiger partial charge < -0.3 is 5.32 Å². The molecule has 1 N–H and O–H groups in total. The lowest BCUT2D eigenvalue weighted by Crippen LogP contribution is -2.27. The molecular formula is C18H20N4O. The molecule has 5 heteroatoms. The van der Waals surface area contributed by atoms with E-state index in [9.17, 15) is 4.79 Å². The average Bonchev–Trinajstić information content (AvgIpc) is 2.84. The number of rotatable bonds is 2. The molecule has 1 amide bonds. The van der Waals surface area contributed by atoms with Gasteiger partial charge in [-0.2, -0.15) is 0 Å². The molecule has 0 fully saturated rings. The number of carbonyl (C=O) groups excluding carboxylic acids is 1. The summed E-state index contributed by atoms with van der Waals surface area (Å²) in [4.78, 5) is 21.0. The van der Waals surface area contributed by atoms with E-state index in [1.54, 1.807) is 6.20 Å². The zero-order chi connectivity index (χ0) is 16.6. The van der Waals surface area contributed by atoms with Gasteiger partial charge in [0.05, 0.1) is 5.69 Å². The van der Waals surface area contributed by atoms with Crippen molar-refractivity contribution >= 4 is 17.4 Å². The van der Waals surface area contributed by atoms with Crippen molar-refractivity contribution in [3.8, 4) is 11.3 Å². The molecular weight excluding hydrogens is 288 g/mol. The van der Waals surface area contributed by atoms with Gasteiger partial charge in [-0.1, -0.05) is 32.9 Å². The minimum atomic E-state index is -0.432. The first kappa shape index (κ1) is 15.2. The van der Waals surface area contributed by atoms with Crippen LogP contribution in [0, 0.1) is 12.3 Å². The van der Waals surface area contributed by atoms with Crippen molar-refractivity contribution < 1.29 is 4.79 Å². The Hall–Kier alpha value is -2.69. The second-order valence-electron chi connectivity index (χ2n) is 6.62. The summed E-state index contributed by atoms with van der Waals surface area (Å²) in [5.74, 6) is 0.659. The average molecular weight is 308 g/mol. The molecule has 0 spiro atoms. The minimum Gasteiger partial charge on any atom is -0.326 e. The first-order chi connectivity index (χ1) is 10.9. The summed E-state index contributed by atoms with van der Waals surface area (Å²) in [7, 11) is 0. The van der Waals surface area contributed by atoms with E-state index in [0.717, 1.165) is 22.6 Å². The Balaban J connectivity index is 1.99. The number of aryl methyl sites for hydroxylation is 1. The third-order valence-electron chi connectivity index (χ3n) is 3.72. The van der Waals surface area contributed by atoms with E-state index in [0.29, 0.717) is 5.78 Å². The summed E-state index contributed by atoms with van der Waals surface area (Å²) in [5.41, 5.74) is 3.19. The summed E-state index contributed by atoms with van der Waals surface area (Å²) in [6, 6.07) is 9.62. The molecule has 0 unspecified atom stereocenters. The summed E-state index contributed by atoms with van der Waals surface area (Å²) in [6.45, 7) is 7.69. The fourth-order valence-electron chi connectivity index (χ4n) is 2.34. The standard InChI is InChI=1S/C18H20N4O/c1-12-15(21-17-19-9-6-10-22(12)17)13-7-5-8-14(11-13)20-16(23)18(2,3)4/h5-11H,1-4H3,(H,20,23). The Bertz CT molecular complexity index is 874. The van der Waals surface area contributed by atoms with Crippen LogP contribution in [-0.2, 0) is 4.79 Å². The number of fused-ring (bicyclic) bond motifs is 1. The van der Waals surface area contributed by atoms with E-state index in [1.165, 1.54) is 0 Å². The molecule has 2 heterocycles. The van der Waals surface area contributed by atoms with Gasteiger partial charge in [0.25, 0.3) is 0 Å². The summed E-state index contributed by atoms with van der Waals surface area (Å²) in [5, 5.41) is 2.96. The zero-order valence-electron chi connectivity index (χ0n) is 13.8. The van der Waals surface area contributed by atoms with Crippen LogP contribution in [0.2, 0.25) is 0 Å². The molecule has 0 atom stereocenters. The molecule has 3 aromatic rings. The number of benzene rings is 1. The first-order valence-corrected chi connectivity index (χ1v) is 7.58. The van der Waals surface area contributed by atoms with Gasteiger partial charge in [-0.3, -0.25) is 9.20 Å². The van der Waals surface area contributed by atoms with E-state index < -0.39 is 5.41 Å². The fourth-order valence-corrected chi connectivity index (χ4v) is 2.34. The molecule has 0 aliphatic rings. The van der Waals surface area contributed by atoms with E-state index in [2.05, 4.69) is 15.3 Å². The maximum Gasteiger partial charge on any atom is 0.234 e. The van der Waals surface area contributed by atoms with Crippen LogP contribution in [0.3, 0.4) is 0 Å². The Morgan fingerprint density at radius 3 is 2.70 bits per heavy atom. The Morgan fingerprint density at radius 1 is 1.22 bits per heavy atom. The lowest BCUT2D eigenvalue weighted by Gasteiger charge is -2.17. The molecule has 5 nitrogen and oxygen atoms in total. The van der Waals surface area contributed by atoms with Gasteiger partial charge in [0.1, 0.15) is 0 Å². The van der Waals surface area contributed by atoms with Crippen LogP contribution < -0.4 is 5.32 Å². The third kappa shape index (κ3) is 2.95. The number of anilines is 1. The highest BCUT2D eigenvalue weighted by molar-refractivity contribution is 5.95. The number of amides is 1. The lowest BCUT2D eigenvalue weighted by atomic mass is 9.95. The fraction of sp³-hybridized carbons (Fsp3) is 0.278. The lowest BCUT2D eigenvalue weighted by molar-refractivity contribution is -0.123. The number of imidazole rings is 1. The molecule has 3 rings (SSSR count). The molecule has 118 valence electrons. The van der Waals surface area contributed by atoms with Crippen LogP contribution in [0.4, 0.5) is 5.69 Å². The highest BCUT2D eigenvalue weighted by atomic mass is 16.2. The molecule has 0 aliphatic carbocycles. The first-order valence-electron chi connectivity index (χ1n) is 7.58. The van der Waals surface area contributed by atoms with Gasteiger partial charge in [-0.15, -0.1) is 0 Å². The SMILES string of the molecule is Cc1c(-c2cccc(NC(=O)C(C)(C)C)c2)nc2ncccn12. The number of nitrogens with zero attached hydrogens (tertiary/aromatic N) is 3. The minimum absolute atomic E-state index is 0.0111. The third-order valence-corrected chi connectivity index (χ3v) is 3.72. The number of carbonyl (C=O) groups is 1. The topological polar surface area (TPSA) is 59.3 Å². The maximum atomic E-state index is 12.1. The molecule has 0 saturated carbocycles. The second-order valence-corrected chi connectivity index (χ2v) is 6.62. The van der Waals surface area contributed by atoms with Crippen molar-refractivity contribution in [2.24, 2.45) is 5.41 Å². The van der Waals surface area contributed by atoms with Crippen molar-refractivity contribution in [3.63, 3.8) is 0 Å². The predicted molar refractivity (Wildman–Crippen MR) is 91.2 cm³/mol. The quantitative estimate of drug-likeness (QED) is 0.785. The van der Waals surface area contributed by atoms with Crippen LogP contribution in [0.5, 0.6) is 0 Å². The van der Waals surface area contributed by atoms with E-state index in [4.69, 9.17) is 0 Å². The largest absolute Gasteiger partial charge is 0.326 e. The van der Waals surface area contributed by atoms with Gasteiger partial charge in [0, 0.05) is 34.8 Å². The molecule has 0 radical (unpaired) electrons. The van der Waals surface area contributed by atoms with Gasteiger partial charge in [-0.25, -0.2) is 9.97 Å². The van der Waals surface area contributed by atoms with Crippen LogP contribution in [-0.4, -0.2) is 20.3 Å². The number of nitrogens with one attached hydrogen (secondary N) is 1. The summed E-state index contributed by atoms with van der Waals surface area (Å²) >= 11 is 0. The molecule has 0 aliphatic heterocycles. The van der Waals surface area contributed by atoms with Gasteiger partial charge in [-0.05, 0) is 25.1 Å². The van der Waals surface area contributed by atoms with Crippen LogP contribution >= 0.6 is 0 Å². The van der Waals surface area contributed by atoms with E-state index >= 15 is 0 Å². The molecule has 23 heavy (non-hydrogen) atoms. The highest BCUT2D eigenvalue weighted by Gasteiger charge is 2.21. The van der Waals surface area contributed by atoms with Gasteiger partial charge in [0.15, 0.2) is 0 Å². The predicted octanol–water partition coefficient (Wildman–Crippen LogP) is 3.69. The Labute approximate surface area is 135 Å². The van der Waals surface area contributed by atoms with Crippen LogP contribution in [0.1, 0.15) is 26.5 Å². The van der Waals surface area contributed by atoms with Crippen molar-refractivity contribution in [2.75, 3.05) is 5.32 Å². The molecule has 0 saturated heterocycles. The van der Waals surface area contributed by atoms with Crippen LogP contribution in [0.15, 0.2) is 42.7 Å². The Kier molecular flexibility index (Phi) is 3.64. The monoisotopic (exact) mass is 308 g/mol. The summed E-state index contributed by atoms with van der Waals surface area (Å²) in [6.07, 6.45) is 3.67. The highest BCUT2D eigenvalue weighted by Crippen LogP contribution is 2.26. The second kappa shape index (κ2) is 5.50.